The lowest BCUT2D eigenvalue weighted by atomic mass is 10.0. The molecule has 3 atom stereocenters. The molecule has 6 aromatic rings. The maximum absolute atomic E-state index is 15.3. The Morgan fingerprint density at radius 3 is 2.51 bits per heavy atom. The van der Waals surface area contributed by atoms with E-state index >= 15 is 8.78 Å². The smallest absolute Gasteiger partial charge is 0.344 e. The molecule has 2 aliphatic rings. The predicted molar refractivity (Wildman–Crippen MR) is 179 cm³/mol. The van der Waals surface area contributed by atoms with Gasteiger partial charge in [-0.2, -0.15) is 37.1 Å². The van der Waals surface area contributed by atoms with Crippen LogP contribution in [0.15, 0.2) is 47.5 Å². The lowest BCUT2D eigenvalue weighted by molar-refractivity contribution is -0.142. The van der Waals surface area contributed by atoms with Gasteiger partial charge in [0, 0.05) is 43.4 Å². The molecular formula is C32H24ClF7N10O4S. The average molecular weight is 813 g/mol. The number of nitrogens with zero attached hydrogens (tertiary/aromatic N) is 8. The van der Waals surface area contributed by atoms with Gasteiger partial charge in [-0.25, -0.2) is 35.9 Å². The number of carbonyl (C=O) groups excluding carboxylic acids is 1. The summed E-state index contributed by atoms with van der Waals surface area (Å²) >= 11 is 6.50. The fourth-order valence-electron chi connectivity index (χ4n) is 7.27. The maximum Gasteiger partial charge on any atom is 0.435 e. The molecule has 0 spiro atoms. The van der Waals surface area contributed by atoms with Crippen LogP contribution in [-0.4, -0.2) is 59.1 Å². The fraction of sp³-hybridized carbons (Fsp3) is 0.312. The molecule has 8 rings (SSSR count). The quantitative estimate of drug-likeness (QED) is 0.200. The summed E-state index contributed by atoms with van der Waals surface area (Å²) in [6.45, 7) is -1.15. The highest BCUT2D eigenvalue weighted by Gasteiger charge is 2.68. The lowest BCUT2D eigenvalue weighted by Gasteiger charge is -2.23. The van der Waals surface area contributed by atoms with Crippen molar-refractivity contribution in [2.45, 2.75) is 43.4 Å². The molecule has 0 aliphatic heterocycles. The minimum atomic E-state index is -5.10. The second kappa shape index (κ2) is 12.2. The van der Waals surface area contributed by atoms with Crippen molar-refractivity contribution in [1.29, 1.82) is 0 Å². The van der Waals surface area contributed by atoms with Crippen LogP contribution in [0.4, 0.5) is 36.6 Å². The van der Waals surface area contributed by atoms with Crippen LogP contribution >= 0.6 is 11.6 Å². The number of aromatic nitrogens is 8. The predicted octanol–water partition coefficient (Wildman–Crippen LogP) is 4.59. The number of carbonyl (C=O) groups is 1. The van der Waals surface area contributed by atoms with E-state index in [0.717, 1.165) is 27.4 Å². The van der Waals surface area contributed by atoms with Gasteiger partial charge < -0.3 is 5.32 Å². The van der Waals surface area contributed by atoms with Gasteiger partial charge in [-0.1, -0.05) is 11.6 Å². The zero-order valence-corrected chi connectivity index (χ0v) is 29.6. The summed E-state index contributed by atoms with van der Waals surface area (Å²) in [4.78, 5) is 36.6. The Morgan fingerprint density at radius 2 is 1.84 bits per heavy atom. The van der Waals surface area contributed by atoms with Gasteiger partial charge in [0.25, 0.3) is 5.92 Å². The van der Waals surface area contributed by atoms with Crippen molar-refractivity contribution in [3.63, 3.8) is 0 Å². The minimum Gasteiger partial charge on any atom is -0.344 e. The molecule has 55 heavy (non-hydrogen) atoms. The monoisotopic (exact) mass is 812 g/mol. The molecule has 23 heteroatoms. The van der Waals surface area contributed by atoms with Gasteiger partial charge in [0.1, 0.15) is 29.7 Å². The van der Waals surface area contributed by atoms with Gasteiger partial charge in [-0.05, 0) is 42.2 Å². The first-order valence-corrected chi connectivity index (χ1v) is 18.4. The van der Waals surface area contributed by atoms with Crippen LogP contribution in [0, 0.1) is 17.6 Å². The molecule has 4 heterocycles. The van der Waals surface area contributed by atoms with E-state index in [-0.39, 0.29) is 51.0 Å². The maximum atomic E-state index is 15.3. The topological polar surface area (TPSA) is 163 Å². The van der Waals surface area contributed by atoms with Crippen LogP contribution in [0.25, 0.3) is 22.4 Å². The van der Waals surface area contributed by atoms with Crippen LogP contribution < -0.4 is 15.7 Å². The summed E-state index contributed by atoms with van der Waals surface area (Å²) in [6.07, 6.45) is -2.43. The summed E-state index contributed by atoms with van der Waals surface area (Å²) in [5, 5.41) is 10.1. The Kier molecular flexibility index (Phi) is 8.12. The van der Waals surface area contributed by atoms with E-state index in [1.807, 2.05) is 0 Å². The van der Waals surface area contributed by atoms with Gasteiger partial charge in [-0.15, -0.1) is 0 Å². The van der Waals surface area contributed by atoms with Gasteiger partial charge >= 0.3 is 11.9 Å². The van der Waals surface area contributed by atoms with Gasteiger partial charge in [0.05, 0.1) is 33.9 Å². The van der Waals surface area contributed by atoms with E-state index in [0.29, 0.717) is 10.7 Å². The number of aryl methyl sites for hydroxylation is 1. The molecule has 1 fully saturated rings. The molecule has 0 bridgehead atoms. The highest BCUT2D eigenvalue weighted by atomic mass is 35.5. The first kappa shape index (κ1) is 36.5. The van der Waals surface area contributed by atoms with Crippen molar-refractivity contribution in [3.8, 4) is 5.69 Å². The van der Waals surface area contributed by atoms with Crippen molar-refractivity contribution in [2.75, 3.05) is 11.0 Å². The number of hydrogen-bond donors (Lipinski definition) is 2. The Labute approximate surface area is 308 Å². The Morgan fingerprint density at radius 1 is 1.13 bits per heavy atom. The van der Waals surface area contributed by atoms with Crippen molar-refractivity contribution in [2.24, 2.45) is 13.0 Å². The largest absolute Gasteiger partial charge is 0.435 e. The zero-order valence-electron chi connectivity index (χ0n) is 28.0. The van der Waals surface area contributed by atoms with E-state index in [2.05, 4.69) is 30.2 Å². The number of halogens is 8. The average Bonchev–Trinajstić information content (AvgIpc) is 3.28. The third kappa shape index (κ3) is 6.15. The minimum absolute atomic E-state index is 0.00350. The number of amides is 1. The molecule has 288 valence electrons. The van der Waals surface area contributed by atoms with E-state index in [1.165, 1.54) is 36.3 Å². The van der Waals surface area contributed by atoms with Crippen LogP contribution in [0.2, 0.25) is 5.02 Å². The molecule has 4 aromatic heterocycles. The van der Waals surface area contributed by atoms with E-state index in [1.54, 1.807) is 0 Å². The highest BCUT2D eigenvalue weighted by molar-refractivity contribution is 7.92. The second-order valence-electron chi connectivity index (χ2n) is 13.3. The number of rotatable bonds is 9. The molecular weight excluding hydrogens is 789 g/mol. The molecule has 2 aliphatic carbocycles. The van der Waals surface area contributed by atoms with Crippen LogP contribution in [-0.2, 0) is 46.9 Å². The third-order valence-electron chi connectivity index (χ3n) is 9.40. The molecule has 0 saturated heterocycles. The number of benzene rings is 2. The lowest BCUT2D eigenvalue weighted by Crippen LogP contribution is -2.39. The van der Waals surface area contributed by atoms with Crippen molar-refractivity contribution in [1.82, 2.24) is 43.8 Å². The van der Waals surface area contributed by atoms with Crippen molar-refractivity contribution >= 4 is 50.0 Å². The molecule has 14 nitrogen and oxygen atoms in total. The number of anilines is 1. The molecule has 2 N–H and O–H groups in total. The van der Waals surface area contributed by atoms with Crippen LogP contribution in [0.5, 0.6) is 0 Å². The Balaban J connectivity index is 1.29. The number of imidazole rings is 1. The number of nitrogens with one attached hydrogen (secondary N) is 2. The van der Waals surface area contributed by atoms with E-state index in [4.69, 9.17) is 11.6 Å². The molecule has 1 saturated carbocycles. The van der Waals surface area contributed by atoms with Crippen molar-refractivity contribution < 1.29 is 43.9 Å². The number of alkyl halides is 5. The summed E-state index contributed by atoms with van der Waals surface area (Å²) < 4.78 is 132. The molecule has 0 unspecified atom stereocenters. The first-order chi connectivity index (χ1) is 25.7. The standard InChI is InChI=1S/C32H24ClF7N10O4S/c1-47-24-20(4-3-18(33)23(24)27(45-47)46-55(2,53)54)50-28(43-29-41-5-6-48(29)30(50)52)19(9-13-7-14(34)10-15(35)8-13)42-21(51)12-49-26-22(25(44-49)32(38,39)40)16-11-17(16)31(26,36)37/h3-8,10,16-17,19H,9,11-12H2,1-2H3,(H,42,51)(H,45,46)/t16-,17+,19-/m0/s1. The van der Waals surface area contributed by atoms with Crippen LogP contribution in [0.1, 0.15) is 46.7 Å². The molecule has 0 radical (unpaired) electrons. The highest BCUT2D eigenvalue weighted by Crippen LogP contribution is 2.68. The summed E-state index contributed by atoms with van der Waals surface area (Å²) in [6, 6.07) is 3.53. The fourth-order valence-corrected chi connectivity index (χ4v) is 8.01. The van der Waals surface area contributed by atoms with Gasteiger partial charge in [0.2, 0.25) is 21.7 Å². The van der Waals surface area contributed by atoms with Crippen LogP contribution in [0.3, 0.4) is 0 Å². The van der Waals surface area contributed by atoms with Gasteiger partial charge in [0.15, 0.2) is 11.5 Å². The SMILES string of the molecule is Cn1nc(NS(C)(=O)=O)c2c(Cl)ccc(-n3c([C@H](Cc4cc(F)cc(F)c4)NC(=O)Cn4nc(C(F)(F)F)c5c4C(F)(F)[C@@H]4C[C@H]54)nc4nccn4c3=O)c21. The third-order valence-corrected chi connectivity index (χ3v) is 10.3. The summed E-state index contributed by atoms with van der Waals surface area (Å²) in [7, 11) is -2.49. The zero-order chi connectivity index (χ0) is 39.5. The Hall–Kier alpha value is -5.51. The first-order valence-electron chi connectivity index (χ1n) is 16.1. The molecule has 1 amide bonds. The van der Waals surface area contributed by atoms with E-state index < -0.39 is 93.1 Å². The van der Waals surface area contributed by atoms with E-state index in [9.17, 15) is 40.0 Å². The number of sulfonamides is 1. The van der Waals surface area contributed by atoms with Gasteiger partial charge in [-0.3, -0.25) is 18.9 Å². The second-order valence-corrected chi connectivity index (χ2v) is 15.4. The summed E-state index contributed by atoms with van der Waals surface area (Å²) in [5.41, 5.74) is -4.16. The number of fused-ring (bicyclic) bond motifs is 5. The number of hydrogen-bond acceptors (Lipinski definition) is 8. The normalized spacial score (nSPS) is 18.1. The molecule has 2 aromatic carbocycles. The summed E-state index contributed by atoms with van der Waals surface area (Å²) in [5.74, 6) is -10.1. The Bertz CT molecular complexity index is 2760. The van der Waals surface area contributed by atoms with Crippen molar-refractivity contribution in [3.05, 3.63) is 98.2 Å².